The number of benzene rings is 1. The summed E-state index contributed by atoms with van der Waals surface area (Å²) in [7, 11) is 0. The molecule has 0 saturated carbocycles. The molecule has 0 amide bonds. The van der Waals surface area contributed by atoms with Gasteiger partial charge in [0.1, 0.15) is 13.2 Å². The minimum Gasteiger partial charge on any atom is -0.486 e. The molecule has 5 heteroatoms. The molecule has 0 aliphatic carbocycles. The van der Waals surface area contributed by atoms with E-state index in [1.807, 2.05) is 18.2 Å². The standard InChI is InChI=1S/C12H15NO4/c14-12(15)2-1-5-13-9-3-4-10-11(8-9)17-7-6-16-10/h3-4,8,13H,1-2,5-7H2,(H,14,15). The molecule has 0 bridgehead atoms. The second kappa shape index (κ2) is 5.43. The molecule has 1 aliphatic rings. The van der Waals surface area contributed by atoms with Crippen molar-refractivity contribution in [1.29, 1.82) is 0 Å². The Morgan fingerprint density at radius 3 is 2.82 bits per heavy atom. The van der Waals surface area contributed by atoms with Crippen molar-refractivity contribution in [2.24, 2.45) is 0 Å². The van der Waals surface area contributed by atoms with E-state index >= 15 is 0 Å². The van der Waals surface area contributed by atoms with E-state index in [0.717, 1.165) is 17.2 Å². The van der Waals surface area contributed by atoms with Crippen LogP contribution in [-0.4, -0.2) is 30.8 Å². The predicted molar refractivity (Wildman–Crippen MR) is 62.8 cm³/mol. The van der Waals surface area contributed by atoms with Gasteiger partial charge >= 0.3 is 5.97 Å². The Kier molecular flexibility index (Phi) is 3.69. The first-order chi connectivity index (χ1) is 8.25. The van der Waals surface area contributed by atoms with Crippen LogP contribution in [0.2, 0.25) is 0 Å². The van der Waals surface area contributed by atoms with Crippen molar-refractivity contribution < 1.29 is 19.4 Å². The summed E-state index contributed by atoms with van der Waals surface area (Å²) in [5.41, 5.74) is 0.916. The highest BCUT2D eigenvalue weighted by Gasteiger charge is 2.11. The Hall–Kier alpha value is -1.91. The fraction of sp³-hybridized carbons (Fsp3) is 0.417. The van der Waals surface area contributed by atoms with Gasteiger partial charge in [0.25, 0.3) is 0 Å². The Bertz CT molecular complexity index is 405. The van der Waals surface area contributed by atoms with Crippen LogP contribution in [0.25, 0.3) is 0 Å². The van der Waals surface area contributed by atoms with Gasteiger partial charge in [-0.25, -0.2) is 0 Å². The van der Waals surface area contributed by atoms with E-state index in [-0.39, 0.29) is 6.42 Å². The summed E-state index contributed by atoms with van der Waals surface area (Å²) in [4.78, 5) is 10.3. The number of hydrogen-bond donors (Lipinski definition) is 2. The lowest BCUT2D eigenvalue weighted by atomic mass is 10.2. The smallest absolute Gasteiger partial charge is 0.303 e. The number of nitrogens with one attached hydrogen (secondary N) is 1. The highest BCUT2D eigenvalue weighted by molar-refractivity contribution is 5.66. The maximum Gasteiger partial charge on any atom is 0.303 e. The molecule has 1 aromatic rings. The molecular formula is C12H15NO4. The van der Waals surface area contributed by atoms with Gasteiger partial charge < -0.3 is 19.9 Å². The molecule has 5 nitrogen and oxygen atoms in total. The topological polar surface area (TPSA) is 67.8 Å². The van der Waals surface area contributed by atoms with Gasteiger partial charge in [0, 0.05) is 24.7 Å². The summed E-state index contributed by atoms with van der Waals surface area (Å²) < 4.78 is 10.9. The Labute approximate surface area is 99.3 Å². The molecule has 92 valence electrons. The zero-order valence-electron chi connectivity index (χ0n) is 9.44. The maximum absolute atomic E-state index is 10.3. The van der Waals surface area contributed by atoms with Crippen LogP contribution in [0.15, 0.2) is 18.2 Å². The van der Waals surface area contributed by atoms with Crippen LogP contribution in [0, 0.1) is 0 Å². The second-order valence-corrected chi connectivity index (χ2v) is 3.78. The molecule has 0 spiro atoms. The van der Waals surface area contributed by atoms with Crippen molar-refractivity contribution in [2.45, 2.75) is 12.8 Å². The van der Waals surface area contributed by atoms with Crippen LogP contribution in [0.1, 0.15) is 12.8 Å². The first-order valence-electron chi connectivity index (χ1n) is 5.61. The number of ether oxygens (including phenoxy) is 2. The fourth-order valence-corrected chi connectivity index (χ4v) is 1.63. The lowest BCUT2D eigenvalue weighted by Gasteiger charge is -2.19. The van der Waals surface area contributed by atoms with Crippen LogP contribution >= 0.6 is 0 Å². The third-order valence-electron chi connectivity index (χ3n) is 2.44. The largest absolute Gasteiger partial charge is 0.486 e. The average Bonchev–Trinajstić information content (AvgIpc) is 2.34. The summed E-state index contributed by atoms with van der Waals surface area (Å²) in [5, 5.41) is 11.7. The molecule has 1 aliphatic heterocycles. The van der Waals surface area contributed by atoms with E-state index in [1.54, 1.807) is 0 Å². The molecule has 0 saturated heterocycles. The van der Waals surface area contributed by atoms with Crippen LogP contribution < -0.4 is 14.8 Å². The van der Waals surface area contributed by atoms with Gasteiger partial charge in [0.15, 0.2) is 11.5 Å². The van der Waals surface area contributed by atoms with Crippen LogP contribution in [-0.2, 0) is 4.79 Å². The molecule has 2 N–H and O–H groups in total. The van der Waals surface area contributed by atoms with Gasteiger partial charge in [-0.05, 0) is 18.6 Å². The van der Waals surface area contributed by atoms with Crippen molar-refractivity contribution in [2.75, 3.05) is 25.1 Å². The predicted octanol–water partition coefficient (Wildman–Crippen LogP) is 1.73. The normalized spacial score (nSPS) is 13.2. The minimum atomic E-state index is -0.769. The van der Waals surface area contributed by atoms with Gasteiger partial charge in [-0.3, -0.25) is 4.79 Å². The zero-order valence-corrected chi connectivity index (χ0v) is 9.44. The Morgan fingerprint density at radius 2 is 2.06 bits per heavy atom. The number of rotatable bonds is 5. The van der Waals surface area contributed by atoms with Gasteiger partial charge in [0.05, 0.1) is 0 Å². The quantitative estimate of drug-likeness (QED) is 0.763. The molecule has 0 atom stereocenters. The van der Waals surface area contributed by atoms with E-state index in [4.69, 9.17) is 14.6 Å². The third kappa shape index (κ3) is 3.27. The Morgan fingerprint density at radius 1 is 1.29 bits per heavy atom. The number of carbonyl (C=O) groups is 1. The molecule has 1 heterocycles. The van der Waals surface area contributed by atoms with Gasteiger partial charge in [-0.15, -0.1) is 0 Å². The molecule has 0 radical (unpaired) electrons. The lowest BCUT2D eigenvalue weighted by molar-refractivity contribution is -0.137. The minimum absolute atomic E-state index is 0.178. The molecule has 0 aromatic heterocycles. The molecule has 0 unspecified atom stereocenters. The number of fused-ring (bicyclic) bond motifs is 1. The van der Waals surface area contributed by atoms with Crippen molar-refractivity contribution in [3.8, 4) is 11.5 Å². The average molecular weight is 237 g/mol. The van der Waals surface area contributed by atoms with Crippen molar-refractivity contribution in [3.63, 3.8) is 0 Å². The summed E-state index contributed by atoms with van der Waals surface area (Å²) >= 11 is 0. The monoisotopic (exact) mass is 237 g/mol. The molecule has 17 heavy (non-hydrogen) atoms. The first-order valence-corrected chi connectivity index (χ1v) is 5.61. The van der Waals surface area contributed by atoms with Crippen LogP contribution in [0.3, 0.4) is 0 Å². The number of anilines is 1. The SMILES string of the molecule is O=C(O)CCCNc1ccc2c(c1)OCCO2. The lowest BCUT2D eigenvalue weighted by Crippen LogP contribution is -2.15. The van der Waals surface area contributed by atoms with Gasteiger partial charge in [-0.1, -0.05) is 0 Å². The molecule has 1 aromatic carbocycles. The summed E-state index contributed by atoms with van der Waals surface area (Å²) in [6.45, 7) is 1.78. The molecular weight excluding hydrogens is 222 g/mol. The van der Waals surface area contributed by atoms with Crippen LogP contribution in [0.5, 0.6) is 11.5 Å². The highest BCUT2D eigenvalue weighted by Crippen LogP contribution is 2.32. The van der Waals surface area contributed by atoms with E-state index in [0.29, 0.717) is 26.2 Å². The third-order valence-corrected chi connectivity index (χ3v) is 2.44. The number of hydrogen-bond acceptors (Lipinski definition) is 4. The van der Waals surface area contributed by atoms with E-state index in [9.17, 15) is 4.79 Å². The van der Waals surface area contributed by atoms with E-state index < -0.39 is 5.97 Å². The Balaban J connectivity index is 1.86. The summed E-state index contributed by atoms with van der Waals surface area (Å²) in [6.07, 6.45) is 0.779. The van der Waals surface area contributed by atoms with Crippen molar-refractivity contribution in [3.05, 3.63) is 18.2 Å². The molecule has 0 fully saturated rings. The van der Waals surface area contributed by atoms with Gasteiger partial charge in [0.2, 0.25) is 0 Å². The summed E-state index contributed by atoms with van der Waals surface area (Å²) in [6, 6.07) is 5.62. The first kappa shape index (κ1) is 11.6. The summed E-state index contributed by atoms with van der Waals surface area (Å²) in [5.74, 6) is 0.723. The van der Waals surface area contributed by atoms with E-state index in [2.05, 4.69) is 5.32 Å². The molecule has 2 rings (SSSR count). The van der Waals surface area contributed by atoms with E-state index in [1.165, 1.54) is 0 Å². The second-order valence-electron chi connectivity index (χ2n) is 3.78. The maximum atomic E-state index is 10.3. The highest BCUT2D eigenvalue weighted by atomic mass is 16.6. The van der Waals surface area contributed by atoms with Crippen LogP contribution in [0.4, 0.5) is 5.69 Å². The fourth-order valence-electron chi connectivity index (χ4n) is 1.63. The number of carboxylic acid groups (broad SMARTS) is 1. The van der Waals surface area contributed by atoms with Gasteiger partial charge in [-0.2, -0.15) is 0 Å². The van der Waals surface area contributed by atoms with Crippen molar-refractivity contribution in [1.82, 2.24) is 0 Å². The number of carboxylic acids is 1. The van der Waals surface area contributed by atoms with Crippen molar-refractivity contribution >= 4 is 11.7 Å². The zero-order chi connectivity index (χ0) is 12.1. The number of aliphatic carboxylic acids is 1.